The van der Waals surface area contributed by atoms with Gasteiger partial charge in [-0.2, -0.15) is 0 Å². The first-order chi connectivity index (χ1) is 12.1. The molecule has 1 heterocycles. The van der Waals surface area contributed by atoms with E-state index in [-0.39, 0.29) is 5.69 Å². The second-order valence-corrected chi connectivity index (χ2v) is 5.95. The van der Waals surface area contributed by atoms with Crippen molar-refractivity contribution >= 4 is 22.8 Å². The molecule has 0 bridgehead atoms. The maximum absolute atomic E-state index is 12.4. The van der Waals surface area contributed by atoms with E-state index in [0.29, 0.717) is 24.5 Å². The van der Waals surface area contributed by atoms with Crippen LogP contribution in [0.1, 0.15) is 28.5 Å². The minimum Gasteiger partial charge on any atom is -0.461 e. The fraction of sp³-hybridized carbons (Fsp3) is 0.250. The number of hydrogen-bond acceptors (Lipinski definition) is 5. The van der Waals surface area contributed by atoms with Gasteiger partial charge in [0.15, 0.2) is 11.5 Å². The number of fused-ring (bicyclic) bond motifs is 1. The monoisotopic (exact) mass is 335 g/mol. The smallest absolute Gasteiger partial charge is 0.360 e. The summed E-state index contributed by atoms with van der Waals surface area (Å²) in [5.41, 5.74) is 4.02. The molecule has 25 heavy (non-hydrogen) atoms. The van der Waals surface area contributed by atoms with E-state index in [2.05, 4.69) is 41.2 Å². The third kappa shape index (κ3) is 3.76. The van der Waals surface area contributed by atoms with Crippen LogP contribution in [-0.2, 0) is 11.3 Å². The lowest BCUT2D eigenvalue weighted by Crippen LogP contribution is -2.22. The predicted molar refractivity (Wildman–Crippen MR) is 98.8 cm³/mol. The number of aromatic nitrogens is 2. The van der Waals surface area contributed by atoms with Crippen molar-refractivity contribution in [1.29, 1.82) is 0 Å². The number of aryl methyl sites for hydroxylation is 1. The van der Waals surface area contributed by atoms with Crippen LogP contribution in [0, 0.1) is 6.92 Å². The van der Waals surface area contributed by atoms with Crippen molar-refractivity contribution in [2.24, 2.45) is 0 Å². The molecule has 5 heteroatoms. The highest BCUT2D eigenvalue weighted by atomic mass is 16.5. The molecule has 0 unspecified atom stereocenters. The summed E-state index contributed by atoms with van der Waals surface area (Å²) in [4.78, 5) is 23.4. The summed E-state index contributed by atoms with van der Waals surface area (Å²) in [6.07, 6.45) is 0. The SMILES string of the molecule is CCOC(=O)c1nc2ccccc2nc1N(C)Cc1ccc(C)cc1. The summed E-state index contributed by atoms with van der Waals surface area (Å²) in [6, 6.07) is 15.8. The van der Waals surface area contributed by atoms with Crippen LogP contribution < -0.4 is 4.90 Å². The number of rotatable bonds is 5. The average molecular weight is 335 g/mol. The Bertz CT molecular complexity index is 891. The van der Waals surface area contributed by atoms with Crippen LogP contribution >= 0.6 is 0 Å². The van der Waals surface area contributed by atoms with Gasteiger partial charge < -0.3 is 9.64 Å². The van der Waals surface area contributed by atoms with Crippen molar-refractivity contribution in [2.45, 2.75) is 20.4 Å². The minimum absolute atomic E-state index is 0.246. The first-order valence-corrected chi connectivity index (χ1v) is 8.29. The van der Waals surface area contributed by atoms with Gasteiger partial charge in [-0.15, -0.1) is 0 Å². The Morgan fingerprint density at radius 2 is 1.68 bits per heavy atom. The number of para-hydroxylation sites is 2. The van der Waals surface area contributed by atoms with Crippen LogP contribution in [-0.4, -0.2) is 29.6 Å². The zero-order chi connectivity index (χ0) is 17.8. The highest BCUT2D eigenvalue weighted by Gasteiger charge is 2.20. The van der Waals surface area contributed by atoms with E-state index < -0.39 is 5.97 Å². The molecule has 128 valence electrons. The lowest BCUT2D eigenvalue weighted by Gasteiger charge is -2.20. The van der Waals surface area contributed by atoms with E-state index in [0.717, 1.165) is 11.1 Å². The highest BCUT2D eigenvalue weighted by Crippen LogP contribution is 2.22. The number of carbonyl (C=O) groups is 1. The van der Waals surface area contributed by atoms with E-state index in [4.69, 9.17) is 4.74 Å². The van der Waals surface area contributed by atoms with Gasteiger partial charge in [0.1, 0.15) is 0 Å². The molecular weight excluding hydrogens is 314 g/mol. The molecule has 1 aromatic heterocycles. The summed E-state index contributed by atoms with van der Waals surface area (Å²) < 4.78 is 5.17. The highest BCUT2D eigenvalue weighted by molar-refractivity contribution is 5.95. The van der Waals surface area contributed by atoms with Crippen molar-refractivity contribution in [3.63, 3.8) is 0 Å². The summed E-state index contributed by atoms with van der Waals surface area (Å²) >= 11 is 0. The maximum atomic E-state index is 12.4. The lowest BCUT2D eigenvalue weighted by molar-refractivity contribution is 0.0520. The largest absolute Gasteiger partial charge is 0.461 e. The molecule has 0 saturated heterocycles. The molecular formula is C20H21N3O2. The standard InChI is InChI=1S/C20H21N3O2/c1-4-25-20(24)18-19(22-17-8-6-5-7-16(17)21-18)23(3)13-15-11-9-14(2)10-12-15/h5-12H,4,13H2,1-3H3. The van der Waals surface area contributed by atoms with Crippen LogP contribution in [0.5, 0.6) is 0 Å². The van der Waals surface area contributed by atoms with Crippen molar-refractivity contribution in [2.75, 3.05) is 18.6 Å². The lowest BCUT2D eigenvalue weighted by atomic mass is 10.1. The fourth-order valence-corrected chi connectivity index (χ4v) is 2.64. The second-order valence-electron chi connectivity index (χ2n) is 5.95. The maximum Gasteiger partial charge on any atom is 0.360 e. The van der Waals surface area contributed by atoms with Crippen molar-refractivity contribution < 1.29 is 9.53 Å². The van der Waals surface area contributed by atoms with Gasteiger partial charge in [0, 0.05) is 13.6 Å². The van der Waals surface area contributed by atoms with Crippen LogP contribution in [0.15, 0.2) is 48.5 Å². The quantitative estimate of drug-likeness (QED) is 0.665. The molecule has 0 aliphatic carbocycles. The molecule has 5 nitrogen and oxygen atoms in total. The summed E-state index contributed by atoms with van der Waals surface area (Å²) in [5, 5.41) is 0. The zero-order valence-corrected chi connectivity index (χ0v) is 14.7. The average Bonchev–Trinajstić information content (AvgIpc) is 2.62. The Labute approximate surface area is 147 Å². The molecule has 0 fully saturated rings. The van der Waals surface area contributed by atoms with E-state index in [1.165, 1.54) is 5.56 Å². The van der Waals surface area contributed by atoms with E-state index >= 15 is 0 Å². The number of nitrogens with zero attached hydrogens (tertiary/aromatic N) is 3. The molecule has 0 N–H and O–H groups in total. The molecule has 0 aliphatic heterocycles. The number of benzene rings is 2. The molecule has 0 radical (unpaired) electrons. The number of carbonyl (C=O) groups excluding carboxylic acids is 1. The summed E-state index contributed by atoms with van der Waals surface area (Å²) in [7, 11) is 1.90. The molecule has 2 aromatic carbocycles. The number of esters is 1. The van der Waals surface area contributed by atoms with Crippen molar-refractivity contribution in [3.05, 3.63) is 65.4 Å². The van der Waals surface area contributed by atoms with Gasteiger partial charge in [-0.05, 0) is 31.5 Å². The Balaban J connectivity index is 2.00. The van der Waals surface area contributed by atoms with Crippen molar-refractivity contribution in [3.8, 4) is 0 Å². The molecule has 0 saturated carbocycles. The summed E-state index contributed by atoms with van der Waals surface area (Å²) in [6.45, 7) is 4.76. The Morgan fingerprint density at radius 1 is 1.04 bits per heavy atom. The van der Waals surface area contributed by atoms with Crippen LogP contribution in [0.2, 0.25) is 0 Å². The third-order valence-corrected chi connectivity index (χ3v) is 3.92. The molecule has 0 amide bonds. The van der Waals surface area contributed by atoms with Gasteiger partial charge in [-0.3, -0.25) is 0 Å². The van der Waals surface area contributed by atoms with Gasteiger partial charge in [0.2, 0.25) is 0 Å². The molecule has 3 rings (SSSR count). The van der Waals surface area contributed by atoms with Crippen LogP contribution in [0.3, 0.4) is 0 Å². The Morgan fingerprint density at radius 3 is 2.32 bits per heavy atom. The topological polar surface area (TPSA) is 55.3 Å². The van der Waals surface area contributed by atoms with Gasteiger partial charge >= 0.3 is 5.97 Å². The van der Waals surface area contributed by atoms with E-state index in [1.54, 1.807) is 6.92 Å². The normalized spacial score (nSPS) is 10.7. The predicted octanol–water partition coefficient (Wildman–Crippen LogP) is 3.75. The van der Waals surface area contributed by atoms with Gasteiger partial charge in [0.05, 0.1) is 17.6 Å². The van der Waals surface area contributed by atoms with Gasteiger partial charge in [-0.25, -0.2) is 14.8 Å². The second kappa shape index (κ2) is 7.30. The molecule has 0 aliphatic rings. The molecule has 3 aromatic rings. The fourth-order valence-electron chi connectivity index (χ4n) is 2.64. The van der Waals surface area contributed by atoms with Gasteiger partial charge in [-0.1, -0.05) is 42.0 Å². The molecule has 0 atom stereocenters. The summed E-state index contributed by atoms with van der Waals surface area (Å²) in [5.74, 6) is 0.0734. The van der Waals surface area contributed by atoms with Crippen LogP contribution in [0.4, 0.5) is 5.82 Å². The number of ether oxygens (including phenoxy) is 1. The number of anilines is 1. The van der Waals surface area contributed by atoms with Crippen molar-refractivity contribution in [1.82, 2.24) is 9.97 Å². The van der Waals surface area contributed by atoms with E-state index in [9.17, 15) is 4.79 Å². The molecule has 0 spiro atoms. The Kier molecular flexibility index (Phi) is 4.93. The number of hydrogen-bond donors (Lipinski definition) is 0. The first-order valence-electron chi connectivity index (χ1n) is 8.29. The minimum atomic E-state index is -0.452. The first kappa shape index (κ1) is 16.9. The van der Waals surface area contributed by atoms with Crippen LogP contribution in [0.25, 0.3) is 11.0 Å². The van der Waals surface area contributed by atoms with E-state index in [1.807, 2.05) is 36.2 Å². The third-order valence-electron chi connectivity index (χ3n) is 3.92. The zero-order valence-electron chi connectivity index (χ0n) is 14.7. The van der Waals surface area contributed by atoms with Gasteiger partial charge in [0.25, 0.3) is 0 Å². The Hall–Kier alpha value is -2.95.